The number of likely N-dealkylation sites (N-methyl/N-ethyl adjacent to an activating group) is 1. The average Bonchev–Trinajstić information content (AvgIpc) is 3.13. The van der Waals surface area contributed by atoms with Crippen molar-refractivity contribution >= 4 is 18.0 Å². The molecule has 11 heteroatoms. The zero-order valence-corrected chi connectivity index (χ0v) is 24.3. The highest BCUT2D eigenvalue weighted by molar-refractivity contribution is 5.95. The van der Waals surface area contributed by atoms with Crippen LogP contribution in [0, 0.1) is 0 Å². The molecule has 2 heterocycles. The van der Waals surface area contributed by atoms with Gasteiger partial charge in [0.2, 0.25) is 0 Å². The quantitative estimate of drug-likeness (QED) is 0.483. The first kappa shape index (κ1) is 30.1. The standard InChI is InChI=1S/C28H43N5O6/c1-8-33-20(18-31-13-10-14-32(16-15-31)27(36)30-28(3,4)5)23(25(34)39-9-2)24(29-26(33)35)19-11-12-21(37-6)22(17-19)38-7/h11-12,17,24H,8-10,13-16,18H2,1-7H3,(H,29,35)(H,30,36). The van der Waals surface area contributed by atoms with Crippen LogP contribution in [0.15, 0.2) is 29.5 Å². The molecule has 1 fully saturated rings. The summed E-state index contributed by atoms with van der Waals surface area (Å²) in [5, 5.41) is 6.02. The highest BCUT2D eigenvalue weighted by Crippen LogP contribution is 2.36. The van der Waals surface area contributed by atoms with Crippen molar-refractivity contribution in [3.05, 3.63) is 35.0 Å². The fraction of sp³-hybridized carbons (Fsp3) is 0.607. The van der Waals surface area contributed by atoms with E-state index in [0.29, 0.717) is 61.1 Å². The van der Waals surface area contributed by atoms with Crippen LogP contribution in [0.1, 0.15) is 52.6 Å². The molecule has 2 N–H and O–H groups in total. The Labute approximate surface area is 231 Å². The van der Waals surface area contributed by atoms with Gasteiger partial charge in [0.15, 0.2) is 11.5 Å². The maximum absolute atomic E-state index is 13.4. The minimum Gasteiger partial charge on any atom is -0.493 e. The number of methoxy groups -OCH3 is 2. The number of amides is 4. The second kappa shape index (κ2) is 13.1. The molecule has 2 aliphatic rings. The molecule has 0 spiro atoms. The molecule has 4 amide bonds. The minimum atomic E-state index is -0.727. The summed E-state index contributed by atoms with van der Waals surface area (Å²) < 4.78 is 16.3. The SMILES string of the molecule is CCOC(=O)C1=C(CN2CCCN(C(=O)NC(C)(C)C)CC2)N(CC)C(=O)NC1c1ccc(OC)c(OC)c1. The van der Waals surface area contributed by atoms with Crippen LogP contribution in [0.2, 0.25) is 0 Å². The summed E-state index contributed by atoms with van der Waals surface area (Å²) >= 11 is 0. The first-order valence-electron chi connectivity index (χ1n) is 13.5. The Kier molecular flexibility index (Phi) is 10.1. The minimum absolute atomic E-state index is 0.0866. The molecule has 1 aromatic rings. The largest absolute Gasteiger partial charge is 0.493 e. The molecule has 2 aliphatic heterocycles. The first-order chi connectivity index (χ1) is 18.5. The summed E-state index contributed by atoms with van der Waals surface area (Å²) in [5.41, 5.74) is 1.35. The van der Waals surface area contributed by atoms with Crippen LogP contribution in [-0.4, -0.2) is 98.4 Å². The Morgan fingerprint density at radius 2 is 1.77 bits per heavy atom. The number of carbonyl (C=O) groups excluding carboxylic acids is 3. The van der Waals surface area contributed by atoms with Gasteiger partial charge in [-0.2, -0.15) is 0 Å². The lowest BCUT2D eigenvalue weighted by Gasteiger charge is -2.38. The number of ether oxygens (including phenoxy) is 3. The van der Waals surface area contributed by atoms with Crippen LogP contribution < -0.4 is 20.1 Å². The van der Waals surface area contributed by atoms with E-state index in [2.05, 4.69) is 15.5 Å². The number of esters is 1. The van der Waals surface area contributed by atoms with Crippen LogP contribution in [0.4, 0.5) is 9.59 Å². The number of carbonyl (C=O) groups is 3. The van der Waals surface area contributed by atoms with Crippen molar-refractivity contribution in [2.45, 2.75) is 52.6 Å². The van der Waals surface area contributed by atoms with Crippen LogP contribution in [0.3, 0.4) is 0 Å². The predicted octanol–water partition coefficient (Wildman–Crippen LogP) is 3.12. The molecule has 0 bridgehead atoms. The topological polar surface area (TPSA) is 113 Å². The molecule has 0 aliphatic carbocycles. The van der Waals surface area contributed by atoms with Crippen molar-refractivity contribution in [2.75, 3.05) is 60.1 Å². The van der Waals surface area contributed by atoms with Gasteiger partial charge in [-0.15, -0.1) is 0 Å². The smallest absolute Gasteiger partial charge is 0.338 e. The third-order valence-electron chi connectivity index (χ3n) is 6.72. The molecule has 1 aromatic carbocycles. The third kappa shape index (κ3) is 7.35. The molecular weight excluding hydrogens is 502 g/mol. The molecule has 216 valence electrons. The molecule has 0 radical (unpaired) electrons. The van der Waals surface area contributed by atoms with Crippen molar-refractivity contribution in [3.8, 4) is 11.5 Å². The number of nitrogens with zero attached hydrogens (tertiary/aromatic N) is 3. The van der Waals surface area contributed by atoms with Crippen molar-refractivity contribution in [1.82, 2.24) is 25.3 Å². The Balaban J connectivity index is 1.97. The number of hydrogen-bond acceptors (Lipinski definition) is 7. The molecule has 11 nitrogen and oxygen atoms in total. The Hall–Kier alpha value is -3.47. The second-order valence-electron chi connectivity index (χ2n) is 10.6. The highest BCUT2D eigenvalue weighted by atomic mass is 16.5. The van der Waals surface area contributed by atoms with Gasteiger partial charge in [0.05, 0.1) is 32.4 Å². The zero-order chi connectivity index (χ0) is 28.7. The second-order valence-corrected chi connectivity index (χ2v) is 10.6. The molecule has 1 unspecified atom stereocenters. The van der Waals surface area contributed by atoms with Crippen molar-refractivity contribution in [1.29, 1.82) is 0 Å². The third-order valence-corrected chi connectivity index (χ3v) is 6.72. The van der Waals surface area contributed by atoms with Crippen molar-refractivity contribution < 1.29 is 28.6 Å². The van der Waals surface area contributed by atoms with Crippen molar-refractivity contribution in [2.24, 2.45) is 0 Å². The summed E-state index contributed by atoms with van der Waals surface area (Å²) in [4.78, 5) is 45.1. The van der Waals surface area contributed by atoms with Gasteiger partial charge >= 0.3 is 18.0 Å². The van der Waals surface area contributed by atoms with E-state index in [4.69, 9.17) is 14.2 Å². The van der Waals surface area contributed by atoms with Gasteiger partial charge in [0.25, 0.3) is 0 Å². The van der Waals surface area contributed by atoms with E-state index in [9.17, 15) is 14.4 Å². The number of rotatable bonds is 8. The molecule has 0 aromatic heterocycles. The van der Waals surface area contributed by atoms with E-state index in [1.165, 1.54) is 7.11 Å². The summed E-state index contributed by atoms with van der Waals surface area (Å²) in [7, 11) is 3.09. The number of benzene rings is 1. The first-order valence-corrected chi connectivity index (χ1v) is 13.5. The normalized spacial score (nSPS) is 18.8. The van der Waals surface area contributed by atoms with E-state index in [1.807, 2.05) is 38.7 Å². The van der Waals surface area contributed by atoms with E-state index >= 15 is 0 Å². The average molecular weight is 546 g/mol. The summed E-state index contributed by atoms with van der Waals surface area (Å²) in [6, 6.07) is 4.22. The molecule has 39 heavy (non-hydrogen) atoms. The van der Waals surface area contributed by atoms with Gasteiger partial charge in [-0.3, -0.25) is 9.80 Å². The monoisotopic (exact) mass is 545 g/mol. The van der Waals surface area contributed by atoms with Crippen LogP contribution in [0.25, 0.3) is 0 Å². The lowest BCUT2D eigenvalue weighted by molar-refractivity contribution is -0.139. The molecule has 1 atom stereocenters. The summed E-state index contributed by atoms with van der Waals surface area (Å²) in [5.74, 6) is 0.560. The summed E-state index contributed by atoms with van der Waals surface area (Å²) in [6.45, 7) is 13.0. The Morgan fingerprint density at radius 3 is 2.38 bits per heavy atom. The maximum Gasteiger partial charge on any atom is 0.338 e. The lowest BCUT2D eigenvalue weighted by atomic mass is 9.93. The van der Waals surface area contributed by atoms with Gasteiger partial charge in [0.1, 0.15) is 0 Å². The Morgan fingerprint density at radius 1 is 1.05 bits per heavy atom. The van der Waals surface area contributed by atoms with Gasteiger partial charge in [-0.25, -0.2) is 14.4 Å². The van der Waals surface area contributed by atoms with E-state index in [0.717, 1.165) is 13.0 Å². The maximum atomic E-state index is 13.4. The van der Waals surface area contributed by atoms with Gasteiger partial charge in [-0.1, -0.05) is 6.07 Å². The molecule has 0 saturated carbocycles. The van der Waals surface area contributed by atoms with E-state index in [-0.39, 0.29) is 24.2 Å². The molecular formula is C28H43N5O6. The van der Waals surface area contributed by atoms with Crippen molar-refractivity contribution in [3.63, 3.8) is 0 Å². The highest BCUT2D eigenvalue weighted by Gasteiger charge is 2.39. The fourth-order valence-electron chi connectivity index (χ4n) is 4.88. The molecule has 1 saturated heterocycles. The lowest BCUT2D eigenvalue weighted by Crippen LogP contribution is -2.51. The molecule has 3 rings (SSSR count). The fourth-order valence-corrected chi connectivity index (χ4v) is 4.88. The summed E-state index contributed by atoms with van der Waals surface area (Å²) in [6.07, 6.45) is 0.775. The van der Waals surface area contributed by atoms with Crippen LogP contribution in [-0.2, 0) is 9.53 Å². The van der Waals surface area contributed by atoms with E-state index < -0.39 is 12.0 Å². The van der Waals surface area contributed by atoms with Gasteiger partial charge in [0, 0.05) is 50.5 Å². The number of hydrogen-bond donors (Lipinski definition) is 2. The number of nitrogens with one attached hydrogen (secondary N) is 2. The number of urea groups is 2. The van der Waals surface area contributed by atoms with Crippen LogP contribution >= 0.6 is 0 Å². The van der Waals surface area contributed by atoms with Gasteiger partial charge < -0.3 is 29.7 Å². The van der Waals surface area contributed by atoms with E-state index in [1.54, 1.807) is 31.1 Å². The van der Waals surface area contributed by atoms with Crippen LogP contribution in [0.5, 0.6) is 11.5 Å². The Bertz CT molecular complexity index is 1080. The van der Waals surface area contributed by atoms with Gasteiger partial charge in [-0.05, 0) is 58.7 Å². The predicted molar refractivity (Wildman–Crippen MR) is 148 cm³/mol. The zero-order valence-electron chi connectivity index (χ0n) is 24.3.